The normalized spacial score (nSPS) is 13.2. The van der Waals surface area contributed by atoms with E-state index >= 15 is 8.78 Å². The minimum absolute atomic E-state index is 0.00148. The Bertz CT molecular complexity index is 1520. The number of alkyl halides is 2. The zero-order valence-corrected chi connectivity index (χ0v) is 21.4. The highest BCUT2D eigenvalue weighted by molar-refractivity contribution is 6.07. The van der Waals surface area contributed by atoms with Crippen LogP contribution in [-0.4, -0.2) is 49.4 Å². The third-order valence-electron chi connectivity index (χ3n) is 5.59. The summed E-state index contributed by atoms with van der Waals surface area (Å²) in [5, 5.41) is 11.5. The zero-order chi connectivity index (χ0) is 29.5. The van der Waals surface area contributed by atoms with Crippen LogP contribution in [0.1, 0.15) is 6.42 Å². The molecule has 0 aliphatic heterocycles. The molecule has 0 saturated carbocycles. The van der Waals surface area contributed by atoms with Gasteiger partial charge in [0.25, 0.3) is 12.3 Å². The molecule has 0 unspecified atom stereocenters. The van der Waals surface area contributed by atoms with E-state index in [0.29, 0.717) is 10.9 Å². The number of carbonyl (C=O) groups excluding carboxylic acids is 1. The second-order valence-electron chi connectivity index (χ2n) is 8.37. The average Bonchev–Trinajstić information content (AvgIpc) is 3.12. The summed E-state index contributed by atoms with van der Waals surface area (Å²) in [6.45, 7) is -1.33. The van der Waals surface area contributed by atoms with E-state index in [-0.39, 0.29) is 36.9 Å². The lowest BCUT2D eigenvalue weighted by Crippen LogP contribution is -2.19. The van der Waals surface area contributed by atoms with Crippen LogP contribution in [0.15, 0.2) is 71.9 Å². The van der Waals surface area contributed by atoms with Gasteiger partial charge in [-0.05, 0) is 18.2 Å². The number of aliphatic hydroxyl groups excluding tert-OH is 1. The number of aliphatic hydroxyl groups is 1. The summed E-state index contributed by atoms with van der Waals surface area (Å²) in [7, 11) is 1.38. The van der Waals surface area contributed by atoms with E-state index in [4.69, 9.17) is 24.1 Å². The number of fused-ring (bicyclic) bond motifs is 1. The molecular weight excluding hydrogens is 555 g/mol. The van der Waals surface area contributed by atoms with Crippen molar-refractivity contribution in [3.05, 3.63) is 83.6 Å². The van der Waals surface area contributed by atoms with Crippen LogP contribution >= 0.6 is 0 Å². The van der Waals surface area contributed by atoms with Crippen LogP contribution in [0.4, 0.5) is 27.6 Å². The van der Waals surface area contributed by atoms with E-state index in [1.807, 2.05) is 0 Å². The van der Waals surface area contributed by atoms with Crippen molar-refractivity contribution in [2.24, 2.45) is 0 Å². The van der Waals surface area contributed by atoms with E-state index in [0.717, 1.165) is 18.2 Å². The van der Waals surface area contributed by atoms with Gasteiger partial charge in [-0.2, -0.15) is 0 Å². The molecule has 8 nitrogen and oxygen atoms in total. The molecule has 13 heteroatoms. The molecule has 0 spiro atoms. The molecule has 2 aromatic carbocycles. The van der Waals surface area contributed by atoms with Crippen molar-refractivity contribution in [1.29, 1.82) is 0 Å². The fourth-order valence-electron chi connectivity index (χ4n) is 3.83. The molecule has 2 N–H and O–H groups in total. The van der Waals surface area contributed by atoms with Crippen LogP contribution in [0.3, 0.4) is 0 Å². The average molecular weight is 578 g/mol. The van der Waals surface area contributed by atoms with E-state index < -0.39 is 59.2 Å². The van der Waals surface area contributed by atoms with Crippen LogP contribution in [0, 0.1) is 11.6 Å². The van der Waals surface area contributed by atoms with Crippen molar-refractivity contribution < 1.29 is 50.8 Å². The number of pyridine rings is 1. The van der Waals surface area contributed by atoms with Crippen LogP contribution < -0.4 is 19.5 Å². The van der Waals surface area contributed by atoms with Crippen molar-refractivity contribution in [2.45, 2.75) is 12.8 Å². The van der Waals surface area contributed by atoms with Crippen molar-refractivity contribution in [3.8, 4) is 23.0 Å². The quantitative estimate of drug-likeness (QED) is 0.271. The molecule has 0 fully saturated rings. The van der Waals surface area contributed by atoms with E-state index in [1.165, 1.54) is 43.7 Å². The number of anilines is 1. The number of aromatic nitrogens is 1. The molecule has 0 atom stereocenters. The molecule has 1 amide bonds. The van der Waals surface area contributed by atoms with Gasteiger partial charge >= 0.3 is 0 Å². The molecule has 1 heterocycles. The molecule has 3 aromatic rings. The standard InChI is InChI=1S/C28H23F5N2O6/c1-38-23-12-16-20(13-24(23)39-9-8-36)34-7-6-21(16)41-27-18(30)10-15(11-19(27)31)35-28(37)26-17(29)4-2-3-5-22(26)40-14-25(32)33/h2-3,5-7,10-13,25,36H,4,8-9,14H2,1H3,(H,35,37). The first-order valence-electron chi connectivity index (χ1n) is 12.1. The fraction of sp³-hybridized carbons (Fsp3) is 0.214. The number of hydrogen-bond acceptors (Lipinski definition) is 7. The topological polar surface area (TPSA) is 99.1 Å². The lowest BCUT2D eigenvalue weighted by molar-refractivity contribution is -0.113. The Labute approximate surface area is 230 Å². The maximum atomic E-state index is 15.1. The number of allylic oxidation sites excluding steroid dienone is 4. The van der Waals surface area contributed by atoms with Gasteiger partial charge in [0, 0.05) is 41.9 Å². The Morgan fingerprint density at radius 2 is 1.83 bits per heavy atom. The second-order valence-corrected chi connectivity index (χ2v) is 8.37. The van der Waals surface area contributed by atoms with Crippen molar-refractivity contribution in [2.75, 3.05) is 32.2 Å². The molecular formula is C28H23F5N2O6. The molecule has 216 valence electrons. The van der Waals surface area contributed by atoms with Gasteiger partial charge in [-0.1, -0.05) is 12.2 Å². The number of nitrogens with zero attached hydrogens (tertiary/aromatic N) is 1. The van der Waals surface area contributed by atoms with E-state index in [2.05, 4.69) is 10.3 Å². The number of methoxy groups -OCH3 is 1. The fourth-order valence-corrected chi connectivity index (χ4v) is 3.83. The Kier molecular flexibility index (Phi) is 9.40. The van der Waals surface area contributed by atoms with Crippen molar-refractivity contribution in [1.82, 2.24) is 4.98 Å². The largest absolute Gasteiger partial charge is 0.493 e. The van der Waals surface area contributed by atoms with Gasteiger partial charge in [0.2, 0.25) is 0 Å². The number of benzene rings is 2. The van der Waals surface area contributed by atoms with Gasteiger partial charge in [-0.15, -0.1) is 0 Å². The minimum atomic E-state index is -2.88. The molecule has 1 aliphatic rings. The smallest absolute Gasteiger partial charge is 0.272 e. The lowest BCUT2D eigenvalue weighted by Gasteiger charge is -2.16. The Morgan fingerprint density at radius 1 is 1.07 bits per heavy atom. The summed E-state index contributed by atoms with van der Waals surface area (Å²) in [5.74, 6) is -5.27. The molecule has 0 saturated heterocycles. The summed E-state index contributed by atoms with van der Waals surface area (Å²) in [6, 6.07) is 5.86. The molecule has 41 heavy (non-hydrogen) atoms. The van der Waals surface area contributed by atoms with Crippen molar-refractivity contribution >= 4 is 22.5 Å². The van der Waals surface area contributed by atoms with Gasteiger partial charge < -0.3 is 29.4 Å². The third-order valence-corrected chi connectivity index (χ3v) is 5.59. The van der Waals surface area contributed by atoms with Crippen LogP contribution in [0.25, 0.3) is 10.9 Å². The molecule has 1 aliphatic carbocycles. The Balaban J connectivity index is 1.60. The number of halogens is 5. The Hall–Kier alpha value is -4.65. The van der Waals surface area contributed by atoms with Gasteiger partial charge in [-0.25, -0.2) is 22.0 Å². The highest BCUT2D eigenvalue weighted by atomic mass is 19.3. The maximum Gasteiger partial charge on any atom is 0.272 e. The zero-order valence-electron chi connectivity index (χ0n) is 21.4. The highest BCUT2D eigenvalue weighted by Crippen LogP contribution is 2.39. The summed E-state index contributed by atoms with van der Waals surface area (Å²) in [6.07, 6.45) is 1.94. The summed E-state index contributed by atoms with van der Waals surface area (Å²) >= 11 is 0. The van der Waals surface area contributed by atoms with Gasteiger partial charge in [0.05, 0.1) is 19.2 Å². The van der Waals surface area contributed by atoms with Crippen LogP contribution in [0.2, 0.25) is 0 Å². The number of carbonyl (C=O) groups is 1. The van der Waals surface area contributed by atoms with Crippen LogP contribution in [-0.2, 0) is 9.53 Å². The second kappa shape index (κ2) is 13.1. The number of amides is 1. The molecule has 1 aromatic heterocycles. The van der Waals surface area contributed by atoms with Gasteiger partial charge in [0.15, 0.2) is 28.9 Å². The molecule has 4 rings (SSSR count). The van der Waals surface area contributed by atoms with E-state index in [1.54, 1.807) is 0 Å². The van der Waals surface area contributed by atoms with E-state index in [9.17, 15) is 18.0 Å². The number of nitrogens with one attached hydrogen (secondary N) is 1. The summed E-state index contributed by atoms with van der Waals surface area (Å²) in [5.41, 5.74) is -0.738. The highest BCUT2D eigenvalue weighted by Gasteiger charge is 2.25. The monoisotopic (exact) mass is 578 g/mol. The van der Waals surface area contributed by atoms with Crippen molar-refractivity contribution in [3.63, 3.8) is 0 Å². The number of hydrogen-bond donors (Lipinski definition) is 2. The predicted octanol–water partition coefficient (Wildman–Crippen LogP) is 5.97. The lowest BCUT2D eigenvalue weighted by atomic mass is 10.1. The summed E-state index contributed by atoms with van der Waals surface area (Å²) < 4.78 is 91.1. The Morgan fingerprint density at radius 3 is 2.51 bits per heavy atom. The maximum absolute atomic E-state index is 15.1. The molecule has 0 radical (unpaired) electrons. The predicted molar refractivity (Wildman–Crippen MR) is 138 cm³/mol. The first kappa shape index (κ1) is 29.3. The minimum Gasteiger partial charge on any atom is -0.493 e. The SMILES string of the molecule is COc1cc2c(Oc3c(F)cc(NC(=O)C4=C(F)CC=CC=C4OCC(F)F)cc3F)ccnc2cc1OCCO. The third kappa shape index (κ3) is 6.92. The van der Waals surface area contributed by atoms with Gasteiger partial charge in [-0.3, -0.25) is 9.78 Å². The van der Waals surface area contributed by atoms with Gasteiger partial charge in [0.1, 0.15) is 36.1 Å². The number of ether oxygens (including phenoxy) is 4. The summed E-state index contributed by atoms with van der Waals surface area (Å²) in [4.78, 5) is 17.0. The van der Waals surface area contributed by atoms with Crippen LogP contribution in [0.5, 0.6) is 23.0 Å². The first-order valence-corrected chi connectivity index (χ1v) is 12.1. The first-order chi connectivity index (χ1) is 19.7. The molecule has 0 bridgehead atoms. The number of rotatable bonds is 11.